The average Bonchev–Trinajstić information content (AvgIpc) is 2.22. The van der Waals surface area contributed by atoms with E-state index in [1.165, 1.54) is 6.26 Å². The molecule has 1 unspecified atom stereocenters. The van der Waals surface area contributed by atoms with Gasteiger partial charge in [0.1, 0.15) is 6.04 Å². The molecule has 0 aromatic carbocycles. The standard InChI is InChI=1S/C9H17N3O5S/c1-18(17)5-4-11-9(16)12-6(8(14)15)2-3-7(10)13/h6H,2-5H2,1H3,(H2,10,13)(H,14,15)(H2,11,12,16)/t6-,18?/m0/s1. The summed E-state index contributed by atoms with van der Waals surface area (Å²) in [6, 6.07) is -1.86. The molecular formula is C9H17N3O5S. The molecule has 0 aliphatic heterocycles. The number of nitrogens with two attached hydrogens (primary N) is 1. The molecule has 0 aliphatic rings. The van der Waals surface area contributed by atoms with Crippen molar-refractivity contribution in [2.45, 2.75) is 18.9 Å². The number of carbonyl (C=O) groups is 3. The van der Waals surface area contributed by atoms with Gasteiger partial charge >= 0.3 is 12.0 Å². The van der Waals surface area contributed by atoms with Crippen molar-refractivity contribution in [3.63, 3.8) is 0 Å². The first-order valence-corrected chi connectivity index (χ1v) is 6.91. The molecule has 0 heterocycles. The van der Waals surface area contributed by atoms with Crippen molar-refractivity contribution in [3.05, 3.63) is 0 Å². The van der Waals surface area contributed by atoms with E-state index in [0.29, 0.717) is 0 Å². The molecule has 0 bridgehead atoms. The molecule has 3 amide bonds. The quantitative estimate of drug-likeness (QED) is 0.423. The third-order valence-corrected chi connectivity index (χ3v) is 2.74. The maximum absolute atomic E-state index is 11.3. The molecule has 0 saturated carbocycles. The molecule has 2 atom stereocenters. The molecule has 9 heteroatoms. The minimum absolute atomic E-state index is 0.0716. The fraction of sp³-hybridized carbons (Fsp3) is 0.667. The smallest absolute Gasteiger partial charge is 0.326 e. The number of carbonyl (C=O) groups excluding carboxylic acids is 2. The summed E-state index contributed by atoms with van der Waals surface area (Å²) in [5.74, 6) is -1.60. The van der Waals surface area contributed by atoms with Gasteiger partial charge in [0.25, 0.3) is 0 Å². The van der Waals surface area contributed by atoms with Crippen molar-refractivity contribution in [2.75, 3.05) is 18.6 Å². The summed E-state index contributed by atoms with van der Waals surface area (Å²) in [4.78, 5) is 32.6. The van der Waals surface area contributed by atoms with Crippen LogP contribution in [0.1, 0.15) is 12.8 Å². The van der Waals surface area contributed by atoms with Gasteiger partial charge in [-0.25, -0.2) is 9.59 Å². The lowest BCUT2D eigenvalue weighted by Crippen LogP contribution is -2.47. The van der Waals surface area contributed by atoms with Crippen molar-refractivity contribution < 1.29 is 23.7 Å². The van der Waals surface area contributed by atoms with Crippen molar-refractivity contribution in [1.29, 1.82) is 0 Å². The van der Waals surface area contributed by atoms with E-state index in [4.69, 9.17) is 10.8 Å². The van der Waals surface area contributed by atoms with E-state index < -0.39 is 34.7 Å². The van der Waals surface area contributed by atoms with Crippen LogP contribution in [-0.4, -0.2) is 51.8 Å². The van der Waals surface area contributed by atoms with E-state index in [-0.39, 0.29) is 25.1 Å². The van der Waals surface area contributed by atoms with Crippen molar-refractivity contribution in [2.24, 2.45) is 5.73 Å². The Labute approximate surface area is 107 Å². The number of hydrogen-bond acceptors (Lipinski definition) is 4. The zero-order valence-electron chi connectivity index (χ0n) is 9.97. The van der Waals surface area contributed by atoms with Crippen molar-refractivity contribution in [1.82, 2.24) is 10.6 Å². The average molecular weight is 279 g/mol. The van der Waals surface area contributed by atoms with Gasteiger partial charge in [-0.05, 0) is 6.42 Å². The zero-order valence-corrected chi connectivity index (χ0v) is 10.8. The number of primary amides is 1. The first kappa shape index (κ1) is 16.4. The maximum atomic E-state index is 11.3. The van der Waals surface area contributed by atoms with Gasteiger partial charge in [0.2, 0.25) is 5.91 Å². The molecule has 0 spiro atoms. The lowest BCUT2D eigenvalue weighted by molar-refractivity contribution is -0.139. The highest BCUT2D eigenvalue weighted by atomic mass is 32.2. The number of hydrogen-bond donors (Lipinski definition) is 4. The van der Waals surface area contributed by atoms with E-state index in [0.717, 1.165) is 0 Å². The zero-order chi connectivity index (χ0) is 14.1. The van der Waals surface area contributed by atoms with E-state index >= 15 is 0 Å². The molecule has 5 N–H and O–H groups in total. The lowest BCUT2D eigenvalue weighted by atomic mass is 10.1. The summed E-state index contributed by atoms with van der Waals surface area (Å²) >= 11 is 0. The Hall–Kier alpha value is -1.64. The monoisotopic (exact) mass is 279 g/mol. The third-order valence-electron chi connectivity index (χ3n) is 1.96. The predicted octanol–water partition coefficient (Wildman–Crippen LogP) is -1.62. The van der Waals surface area contributed by atoms with Gasteiger partial charge in [-0.15, -0.1) is 0 Å². The van der Waals surface area contributed by atoms with Gasteiger partial charge in [-0.1, -0.05) is 0 Å². The molecule has 0 aliphatic carbocycles. The maximum Gasteiger partial charge on any atom is 0.326 e. The Balaban J connectivity index is 4.07. The lowest BCUT2D eigenvalue weighted by Gasteiger charge is -2.14. The van der Waals surface area contributed by atoms with Crippen LogP contribution < -0.4 is 16.4 Å². The normalized spacial score (nSPS) is 13.4. The number of nitrogens with one attached hydrogen (secondary N) is 2. The van der Waals surface area contributed by atoms with Crippen molar-refractivity contribution in [3.8, 4) is 0 Å². The third kappa shape index (κ3) is 8.50. The molecule has 0 aromatic heterocycles. The van der Waals surface area contributed by atoms with Crippen LogP contribution in [0.25, 0.3) is 0 Å². The molecule has 8 nitrogen and oxygen atoms in total. The van der Waals surface area contributed by atoms with Crippen LogP contribution in [0, 0.1) is 0 Å². The molecular weight excluding hydrogens is 262 g/mol. The molecule has 0 fully saturated rings. The van der Waals surface area contributed by atoms with Crippen LogP contribution in [0.15, 0.2) is 0 Å². The minimum Gasteiger partial charge on any atom is -0.480 e. The SMILES string of the molecule is CS(=O)CCNC(=O)N[C@@H](CCC(N)=O)C(=O)O. The van der Waals surface area contributed by atoms with Gasteiger partial charge < -0.3 is 21.5 Å². The Kier molecular flexibility index (Phi) is 7.68. The Morgan fingerprint density at radius 1 is 1.39 bits per heavy atom. The van der Waals surface area contributed by atoms with E-state index in [1.807, 2.05) is 0 Å². The van der Waals surface area contributed by atoms with Gasteiger partial charge in [0, 0.05) is 35.8 Å². The molecule has 0 rings (SSSR count). The highest BCUT2D eigenvalue weighted by Gasteiger charge is 2.20. The number of carboxylic acids is 1. The molecule has 0 saturated heterocycles. The first-order valence-electron chi connectivity index (χ1n) is 5.18. The molecule has 0 aromatic rings. The van der Waals surface area contributed by atoms with Crippen molar-refractivity contribution >= 4 is 28.7 Å². The highest BCUT2D eigenvalue weighted by molar-refractivity contribution is 7.84. The van der Waals surface area contributed by atoms with Gasteiger partial charge in [0.05, 0.1) is 0 Å². The van der Waals surface area contributed by atoms with Crippen LogP contribution in [0.5, 0.6) is 0 Å². The number of amides is 3. The summed E-state index contributed by atoms with van der Waals surface area (Å²) < 4.78 is 10.7. The molecule has 18 heavy (non-hydrogen) atoms. The van der Waals surface area contributed by atoms with Crippen LogP contribution in [0.4, 0.5) is 4.79 Å². The Bertz CT molecular complexity index is 347. The van der Waals surface area contributed by atoms with E-state index in [9.17, 15) is 18.6 Å². The van der Waals surface area contributed by atoms with Gasteiger partial charge in [-0.3, -0.25) is 9.00 Å². The largest absolute Gasteiger partial charge is 0.480 e. The van der Waals surface area contributed by atoms with Crippen LogP contribution in [0.3, 0.4) is 0 Å². The summed E-state index contributed by atoms with van der Waals surface area (Å²) in [5, 5.41) is 13.4. The van der Waals surface area contributed by atoms with Gasteiger partial charge in [-0.2, -0.15) is 0 Å². The van der Waals surface area contributed by atoms with Crippen LogP contribution in [0.2, 0.25) is 0 Å². The molecule has 0 radical (unpaired) electrons. The minimum atomic E-state index is -1.24. The summed E-state index contributed by atoms with van der Waals surface area (Å²) in [6.45, 7) is 0.178. The topological polar surface area (TPSA) is 139 Å². The Morgan fingerprint density at radius 3 is 2.44 bits per heavy atom. The summed E-state index contributed by atoms with van der Waals surface area (Å²) in [7, 11) is -1.03. The number of urea groups is 1. The van der Waals surface area contributed by atoms with Gasteiger partial charge in [0.15, 0.2) is 0 Å². The first-order chi connectivity index (χ1) is 8.32. The number of carboxylic acid groups (broad SMARTS) is 1. The van der Waals surface area contributed by atoms with Crippen LogP contribution in [-0.2, 0) is 20.4 Å². The fourth-order valence-electron chi connectivity index (χ4n) is 1.06. The second-order valence-electron chi connectivity index (χ2n) is 3.57. The molecule has 104 valence electrons. The highest BCUT2D eigenvalue weighted by Crippen LogP contribution is 1.97. The van der Waals surface area contributed by atoms with Crippen LogP contribution >= 0.6 is 0 Å². The predicted molar refractivity (Wildman–Crippen MR) is 65.3 cm³/mol. The summed E-state index contributed by atoms with van der Waals surface area (Å²) in [5.41, 5.74) is 4.89. The second-order valence-corrected chi connectivity index (χ2v) is 5.13. The fourth-order valence-corrected chi connectivity index (χ4v) is 1.45. The number of aliphatic carboxylic acids is 1. The second kappa shape index (κ2) is 8.45. The number of rotatable bonds is 8. The Morgan fingerprint density at radius 2 is 2.00 bits per heavy atom. The van der Waals surface area contributed by atoms with E-state index in [1.54, 1.807) is 0 Å². The van der Waals surface area contributed by atoms with E-state index in [2.05, 4.69) is 10.6 Å². The summed E-state index contributed by atoms with van der Waals surface area (Å²) in [6.07, 6.45) is 1.29.